The van der Waals surface area contributed by atoms with Crippen molar-refractivity contribution in [1.29, 1.82) is 0 Å². The molecule has 0 aromatic heterocycles. The second-order valence-electron chi connectivity index (χ2n) is 5.83. The number of hydrogen-bond donors (Lipinski definition) is 2. The van der Waals surface area contributed by atoms with Crippen LogP contribution in [0.3, 0.4) is 0 Å². The van der Waals surface area contributed by atoms with E-state index in [-0.39, 0.29) is 0 Å². The second-order valence-corrected chi connectivity index (χ2v) is 5.83. The van der Waals surface area contributed by atoms with Gasteiger partial charge in [0.1, 0.15) is 0 Å². The van der Waals surface area contributed by atoms with Crippen molar-refractivity contribution in [2.75, 3.05) is 13.1 Å². The lowest BCUT2D eigenvalue weighted by Gasteiger charge is -2.39. The van der Waals surface area contributed by atoms with Crippen LogP contribution >= 0.6 is 0 Å². The summed E-state index contributed by atoms with van der Waals surface area (Å²) < 4.78 is 0. The zero-order valence-corrected chi connectivity index (χ0v) is 10.1. The molecule has 0 aliphatic heterocycles. The summed E-state index contributed by atoms with van der Waals surface area (Å²) in [5.74, 6) is 1.95. The Hall–Kier alpha value is -0.0800. The third kappa shape index (κ3) is 3.18. The standard InChI is InChI=1S/C13H26N2/c1-11-4-7-13(10-14,8-5-11)15-9-6-12-2-3-12/h11-12,15H,2-10,14H2,1H3. The largest absolute Gasteiger partial charge is 0.329 e. The van der Waals surface area contributed by atoms with E-state index in [1.807, 2.05) is 0 Å². The molecule has 0 spiro atoms. The molecule has 2 aliphatic rings. The van der Waals surface area contributed by atoms with E-state index >= 15 is 0 Å². The molecule has 2 saturated carbocycles. The maximum atomic E-state index is 5.95. The minimum absolute atomic E-state index is 0.293. The SMILES string of the molecule is CC1CCC(CN)(NCCC2CC2)CC1. The van der Waals surface area contributed by atoms with Crippen LogP contribution in [0.1, 0.15) is 51.9 Å². The zero-order valence-electron chi connectivity index (χ0n) is 10.1. The van der Waals surface area contributed by atoms with E-state index in [1.54, 1.807) is 0 Å². The van der Waals surface area contributed by atoms with E-state index in [9.17, 15) is 0 Å². The number of hydrogen-bond acceptors (Lipinski definition) is 2. The summed E-state index contributed by atoms with van der Waals surface area (Å²) in [7, 11) is 0. The van der Waals surface area contributed by atoms with Gasteiger partial charge in [0.25, 0.3) is 0 Å². The zero-order chi connectivity index (χ0) is 10.7. The molecule has 2 heteroatoms. The summed E-state index contributed by atoms with van der Waals surface area (Å²) in [5, 5.41) is 3.75. The van der Waals surface area contributed by atoms with Crippen LogP contribution < -0.4 is 11.1 Å². The highest BCUT2D eigenvalue weighted by molar-refractivity contribution is 4.93. The van der Waals surface area contributed by atoms with E-state index in [1.165, 1.54) is 51.5 Å². The highest BCUT2D eigenvalue weighted by atomic mass is 15.0. The van der Waals surface area contributed by atoms with Gasteiger partial charge in [-0.2, -0.15) is 0 Å². The minimum Gasteiger partial charge on any atom is -0.329 e. The van der Waals surface area contributed by atoms with Crippen LogP contribution in [0.15, 0.2) is 0 Å². The van der Waals surface area contributed by atoms with E-state index < -0.39 is 0 Å². The lowest BCUT2D eigenvalue weighted by atomic mass is 9.77. The molecular formula is C13H26N2. The molecule has 0 aromatic carbocycles. The Morgan fingerprint density at radius 2 is 1.87 bits per heavy atom. The van der Waals surface area contributed by atoms with Crippen molar-refractivity contribution < 1.29 is 0 Å². The topological polar surface area (TPSA) is 38.0 Å². The van der Waals surface area contributed by atoms with Crippen LogP contribution in [0.25, 0.3) is 0 Å². The smallest absolute Gasteiger partial charge is 0.0304 e. The van der Waals surface area contributed by atoms with E-state index in [0.717, 1.165) is 18.4 Å². The third-order valence-electron chi connectivity index (χ3n) is 4.37. The van der Waals surface area contributed by atoms with Gasteiger partial charge in [0.15, 0.2) is 0 Å². The molecule has 2 nitrogen and oxygen atoms in total. The molecule has 2 fully saturated rings. The fourth-order valence-electron chi connectivity index (χ4n) is 2.72. The van der Waals surface area contributed by atoms with E-state index in [2.05, 4.69) is 12.2 Å². The molecule has 0 amide bonds. The summed E-state index contributed by atoms with van der Waals surface area (Å²) in [6.07, 6.45) is 9.59. The first-order chi connectivity index (χ1) is 7.24. The van der Waals surface area contributed by atoms with Crippen molar-refractivity contribution in [2.45, 2.75) is 57.4 Å². The Morgan fingerprint density at radius 1 is 1.20 bits per heavy atom. The van der Waals surface area contributed by atoms with Gasteiger partial charge in [-0.05, 0) is 50.5 Å². The van der Waals surface area contributed by atoms with Crippen LogP contribution in [0, 0.1) is 11.8 Å². The lowest BCUT2D eigenvalue weighted by Crippen LogP contribution is -2.53. The molecule has 0 bridgehead atoms. The van der Waals surface area contributed by atoms with Crippen molar-refractivity contribution in [3.63, 3.8) is 0 Å². The summed E-state index contributed by atoms with van der Waals surface area (Å²) in [6.45, 7) is 4.38. The van der Waals surface area contributed by atoms with Crippen molar-refractivity contribution in [3.05, 3.63) is 0 Å². The van der Waals surface area contributed by atoms with Gasteiger partial charge in [-0.1, -0.05) is 19.8 Å². The maximum Gasteiger partial charge on any atom is 0.0304 e. The Kier molecular flexibility index (Phi) is 3.68. The molecule has 2 aliphatic carbocycles. The number of nitrogens with two attached hydrogens (primary N) is 1. The third-order valence-corrected chi connectivity index (χ3v) is 4.37. The average molecular weight is 210 g/mol. The van der Waals surface area contributed by atoms with Crippen LogP contribution in [0.5, 0.6) is 0 Å². The van der Waals surface area contributed by atoms with Gasteiger partial charge in [0.05, 0.1) is 0 Å². The van der Waals surface area contributed by atoms with Crippen LogP contribution in [-0.2, 0) is 0 Å². The summed E-state index contributed by atoms with van der Waals surface area (Å²) >= 11 is 0. The number of nitrogens with one attached hydrogen (secondary N) is 1. The van der Waals surface area contributed by atoms with Crippen LogP contribution in [-0.4, -0.2) is 18.6 Å². The summed E-state index contributed by atoms with van der Waals surface area (Å²) in [6, 6.07) is 0. The van der Waals surface area contributed by atoms with Gasteiger partial charge >= 0.3 is 0 Å². The summed E-state index contributed by atoms with van der Waals surface area (Å²) in [4.78, 5) is 0. The second kappa shape index (κ2) is 4.84. The predicted octanol–water partition coefficient (Wildman–Crippen LogP) is 2.28. The predicted molar refractivity (Wildman–Crippen MR) is 64.8 cm³/mol. The molecule has 0 radical (unpaired) electrons. The molecule has 3 N–H and O–H groups in total. The van der Waals surface area contributed by atoms with Gasteiger partial charge in [-0.15, -0.1) is 0 Å². The quantitative estimate of drug-likeness (QED) is 0.730. The molecular weight excluding hydrogens is 184 g/mol. The Morgan fingerprint density at radius 3 is 2.40 bits per heavy atom. The fraction of sp³-hybridized carbons (Fsp3) is 1.00. The first-order valence-corrected chi connectivity index (χ1v) is 6.69. The molecule has 2 rings (SSSR count). The lowest BCUT2D eigenvalue weighted by molar-refractivity contribution is 0.201. The normalized spacial score (nSPS) is 36.8. The van der Waals surface area contributed by atoms with Crippen molar-refractivity contribution >= 4 is 0 Å². The van der Waals surface area contributed by atoms with Crippen LogP contribution in [0.4, 0.5) is 0 Å². The van der Waals surface area contributed by atoms with Gasteiger partial charge in [-0.3, -0.25) is 0 Å². The Labute approximate surface area is 94.0 Å². The van der Waals surface area contributed by atoms with Gasteiger partial charge in [0.2, 0.25) is 0 Å². The molecule has 88 valence electrons. The fourth-order valence-corrected chi connectivity index (χ4v) is 2.72. The number of rotatable bonds is 5. The molecule has 0 saturated heterocycles. The highest BCUT2D eigenvalue weighted by Gasteiger charge is 2.32. The van der Waals surface area contributed by atoms with Crippen LogP contribution in [0.2, 0.25) is 0 Å². The first-order valence-electron chi connectivity index (χ1n) is 6.69. The first kappa shape index (κ1) is 11.4. The molecule has 0 heterocycles. The van der Waals surface area contributed by atoms with Crippen molar-refractivity contribution in [3.8, 4) is 0 Å². The van der Waals surface area contributed by atoms with E-state index in [0.29, 0.717) is 5.54 Å². The Balaban J connectivity index is 1.73. The van der Waals surface area contributed by atoms with Crippen molar-refractivity contribution in [1.82, 2.24) is 5.32 Å². The molecule has 0 atom stereocenters. The molecule has 0 aromatic rings. The van der Waals surface area contributed by atoms with Gasteiger partial charge in [-0.25, -0.2) is 0 Å². The molecule has 15 heavy (non-hydrogen) atoms. The maximum absolute atomic E-state index is 5.95. The molecule has 0 unspecified atom stereocenters. The minimum atomic E-state index is 0.293. The van der Waals surface area contributed by atoms with Crippen molar-refractivity contribution in [2.24, 2.45) is 17.6 Å². The highest BCUT2D eigenvalue weighted by Crippen LogP contribution is 2.34. The van der Waals surface area contributed by atoms with Gasteiger partial charge in [0, 0.05) is 12.1 Å². The monoisotopic (exact) mass is 210 g/mol. The van der Waals surface area contributed by atoms with E-state index in [4.69, 9.17) is 5.73 Å². The van der Waals surface area contributed by atoms with Gasteiger partial charge < -0.3 is 11.1 Å². The average Bonchev–Trinajstić information content (AvgIpc) is 3.06. The summed E-state index contributed by atoms with van der Waals surface area (Å²) in [5.41, 5.74) is 6.25. The Bertz CT molecular complexity index is 191.